The van der Waals surface area contributed by atoms with Gasteiger partial charge in [-0.3, -0.25) is 9.59 Å². The number of carbonyl (C=O) groups is 2. The van der Waals surface area contributed by atoms with Gasteiger partial charge in [0.1, 0.15) is 11.6 Å². The van der Waals surface area contributed by atoms with Gasteiger partial charge in [0, 0.05) is 30.1 Å². The van der Waals surface area contributed by atoms with Crippen LogP contribution in [0.4, 0.5) is 4.39 Å². The molecule has 27 heavy (non-hydrogen) atoms. The zero-order valence-corrected chi connectivity index (χ0v) is 15.7. The monoisotopic (exact) mass is 369 g/mol. The molecule has 0 aliphatic carbocycles. The zero-order chi connectivity index (χ0) is 19.4. The maximum atomic E-state index is 13.1. The summed E-state index contributed by atoms with van der Waals surface area (Å²) in [6, 6.07) is 12.7. The topological polar surface area (TPSA) is 46.6 Å². The second-order valence-electron chi connectivity index (χ2n) is 7.15. The molecule has 1 atom stereocenters. The Morgan fingerprint density at radius 1 is 1.04 bits per heavy atom. The van der Waals surface area contributed by atoms with Crippen molar-refractivity contribution in [2.75, 3.05) is 13.1 Å². The van der Waals surface area contributed by atoms with Gasteiger partial charge in [-0.1, -0.05) is 0 Å². The number of ketones is 1. The molecule has 1 heterocycles. The Labute approximate surface area is 158 Å². The lowest BCUT2D eigenvalue weighted by molar-refractivity contribution is 0.0637. The molecule has 1 aliphatic rings. The molecule has 0 spiro atoms. The van der Waals surface area contributed by atoms with Crippen LogP contribution >= 0.6 is 0 Å². The average Bonchev–Trinajstić information content (AvgIpc) is 2.68. The van der Waals surface area contributed by atoms with Crippen LogP contribution in [-0.2, 0) is 0 Å². The van der Waals surface area contributed by atoms with Crippen molar-refractivity contribution in [1.82, 2.24) is 4.90 Å². The maximum absolute atomic E-state index is 13.1. The van der Waals surface area contributed by atoms with Crippen LogP contribution in [0.15, 0.2) is 48.5 Å². The number of piperidine rings is 1. The number of rotatable bonds is 5. The summed E-state index contributed by atoms with van der Waals surface area (Å²) < 4.78 is 18.7. The highest BCUT2D eigenvalue weighted by Crippen LogP contribution is 2.23. The highest BCUT2D eigenvalue weighted by atomic mass is 19.1. The van der Waals surface area contributed by atoms with Crippen LogP contribution in [0.1, 0.15) is 47.4 Å². The molecule has 1 saturated heterocycles. The third-order valence-corrected chi connectivity index (χ3v) is 4.68. The molecule has 1 amide bonds. The van der Waals surface area contributed by atoms with E-state index in [-0.39, 0.29) is 29.5 Å². The van der Waals surface area contributed by atoms with Gasteiger partial charge in [0.25, 0.3) is 5.91 Å². The predicted molar refractivity (Wildman–Crippen MR) is 102 cm³/mol. The Hall–Kier alpha value is -2.69. The van der Waals surface area contributed by atoms with E-state index in [2.05, 4.69) is 0 Å². The smallest absolute Gasteiger partial charge is 0.253 e. The van der Waals surface area contributed by atoms with Gasteiger partial charge in [-0.05, 0) is 75.2 Å². The minimum Gasteiger partial charge on any atom is -0.491 e. The van der Waals surface area contributed by atoms with Crippen LogP contribution in [0.25, 0.3) is 0 Å². The highest BCUT2D eigenvalue weighted by molar-refractivity contribution is 5.99. The lowest BCUT2D eigenvalue weighted by Gasteiger charge is -2.32. The molecule has 1 fully saturated rings. The number of ether oxygens (including phenoxy) is 1. The Morgan fingerprint density at radius 3 is 2.30 bits per heavy atom. The van der Waals surface area contributed by atoms with Gasteiger partial charge in [0.2, 0.25) is 0 Å². The number of Topliss-reactive ketones (excluding diaryl/α,β-unsaturated/α-hetero) is 1. The van der Waals surface area contributed by atoms with Gasteiger partial charge in [-0.2, -0.15) is 0 Å². The van der Waals surface area contributed by atoms with E-state index in [0.717, 1.165) is 18.6 Å². The lowest BCUT2D eigenvalue weighted by atomic mass is 9.89. The number of carbonyl (C=O) groups excluding carboxylic acids is 2. The normalized spacial score (nSPS) is 17.0. The summed E-state index contributed by atoms with van der Waals surface area (Å²) in [5.74, 6) is -0.00552. The van der Waals surface area contributed by atoms with E-state index in [1.54, 1.807) is 29.2 Å². The minimum absolute atomic E-state index is 0.0341. The number of benzene rings is 2. The number of nitrogens with zero attached hydrogens (tertiary/aromatic N) is 1. The number of hydrogen-bond acceptors (Lipinski definition) is 3. The van der Waals surface area contributed by atoms with Crippen LogP contribution in [0, 0.1) is 11.7 Å². The summed E-state index contributed by atoms with van der Waals surface area (Å²) in [6.45, 7) is 4.92. The quantitative estimate of drug-likeness (QED) is 0.736. The molecule has 4 nitrogen and oxygen atoms in total. The average molecular weight is 369 g/mol. The van der Waals surface area contributed by atoms with Crippen LogP contribution in [0.3, 0.4) is 0 Å². The van der Waals surface area contributed by atoms with Crippen molar-refractivity contribution >= 4 is 11.7 Å². The number of amides is 1. The molecule has 0 saturated carbocycles. The van der Waals surface area contributed by atoms with Gasteiger partial charge in [-0.25, -0.2) is 4.39 Å². The van der Waals surface area contributed by atoms with Crippen molar-refractivity contribution in [2.24, 2.45) is 5.92 Å². The SMILES string of the molecule is CC(C)Oc1ccc(C(=O)N2CCC[C@H](C(=O)c3ccc(F)cc3)C2)cc1. The standard InChI is InChI=1S/C22H24FNO3/c1-15(2)27-20-11-7-17(8-12-20)22(26)24-13-3-4-18(14-24)21(25)16-5-9-19(23)10-6-16/h5-12,15,18H,3-4,13-14H2,1-2H3/t18-/m0/s1. The van der Waals surface area contributed by atoms with Crippen molar-refractivity contribution in [3.63, 3.8) is 0 Å². The third kappa shape index (κ3) is 4.73. The Kier molecular flexibility index (Phi) is 5.89. The molecule has 0 unspecified atom stereocenters. The van der Waals surface area contributed by atoms with Crippen molar-refractivity contribution in [1.29, 1.82) is 0 Å². The zero-order valence-electron chi connectivity index (χ0n) is 15.7. The van der Waals surface area contributed by atoms with E-state index in [0.29, 0.717) is 24.2 Å². The molecular weight excluding hydrogens is 345 g/mol. The summed E-state index contributed by atoms with van der Waals surface area (Å²) in [5, 5.41) is 0. The Bertz CT molecular complexity index is 799. The predicted octanol–water partition coefficient (Wildman–Crippen LogP) is 4.35. The van der Waals surface area contributed by atoms with Gasteiger partial charge in [0.05, 0.1) is 6.10 Å². The maximum Gasteiger partial charge on any atom is 0.253 e. The van der Waals surface area contributed by atoms with E-state index < -0.39 is 0 Å². The minimum atomic E-state index is -0.364. The van der Waals surface area contributed by atoms with Crippen molar-refractivity contribution in [3.05, 3.63) is 65.5 Å². The number of halogens is 1. The first-order chi connectivity index (χ1) is 12.9. The van der Waals surface area contributed by atoms with Crippen molar-refractivity contribution in [3.8, 4) is 5.75 Å². The first kappa shape index (κ1) is 19.1. The molecule has 1 aliphatic heterocycles. The second-order valence-corrected chi connectivity index (χ2v) is 7.15. The summed E-state index contributed by atoms with van der Waals surface area (Å²) in [4.78, 5) is 27.2. The van der Waals surface area contributed by atoms with E-state index in [4.69, 9.17) is 4.74 Å². The molecule has 2 aromatic carbocycles. The fourth-order valence-electron chi connectivity index (χ4n) is 3.36. The summed E-state index contributed by atoms with van der Waals surface area (Å²) in [5.41, 5.74) is 1.08. The summed E-state index contributed by atoms with van der Waals surface area (Å²) >= 11 is 0. The molecule has 0 aromatic heterocycles. The number of likely N-dealkylation sites (tertiary alicyclic amines) is 1. The molecule has 0 N–H and O–H groups in total. The van der Waals surface area contributed by atoms with E-state index >= 15 is 0 Å². The summed E-state index contributed by atoms with van der Waals surface area (Å²) in [7, 11) is 0. The summed E-state index contributed by atoms with van der Waals surface area (Å²) in [6.07, 6.45) is 1.59. The van der Waals surface area contributed by atoms with Gasteiger partial charge >= 0.3 is 0 Å². The first-order valence-electron chi connectivity index (χ1n) is 9.30. The molecular formula is C22H24FNO3. The first-order valence-corrected chi connectivity index (χ1v) is 9.30. The fraction of sp³-hybridized carbons (Fsp3) is 0.364. The number of hydrogen-bond donors (Lipinski definition) is 0. The van der Waals surface area contributed by atoms with Gasteiger partial charge < -0.3 is 9.64 Å². The third-order valence-electron chi connectivity index (χ3n) is 4.68. The molecule has 5 heteroatoms. The van der Waals surface area contributed by atoms with Crippen LogP contribution in [0.5, 0.6) is 5.75 Å². The fourth-order valence-corrected chi connectivity index (χ4v) is 3.36. The second kappa shape index (κ2) is 8.33. The van der Waals surface area contributed by atoms with Gasteiger partial charge in [0.15, 0.2) is 5.78 Å². The Balaban J connectivity index is 1.67. The molecule has 2 aromatic rings. The van der Waals surface area contributed by atoms with E-state index in [1.807, 2.05) is 13.8 Å². The van der Waals surface area contributed by atoms with Crippen LogP contribution in [0.2, 0.25) is 0 Å². The van der Waals surface area contributed by atoms with Crippen molar-refractivity contribution < 1.29 is 18.7 Å². The lowest BCUT2D eigenvalue weighted by Crippen LogP contribution is -2.42. The van der Waals surface area contributed by atoms with Gasteiger partial charge in [-0.15, -0.1) is 0 Å². The highest BCUT2D eigenvalue weighted by Gasteiger charge is 2.29. The molecule has 0 bridgehead atoms. The molecule has 3 rings (SSSR count). The van der Waals surface area contributed by atoms with Crippen LogP contribution in [-0.4, -0.2) is 35.8 Å². The van der Waals surface area contributed by atoms with E-state index in [1.165, 1.54) is 24.3 Å². The Morgan fingerprint density at radius 2 is 1.67 bits per heavy atom. The van der Waals surface area contributed by atoms with Crippen LogP contribution < -0.4 is 4.74 Å². The molecule has 142 valence electrons. The molecule has 0 radical (unpaired) electrons. The van der Waals surface area contributed by atoms with E-state index in [9.17, 15) is 14.0 Å². The van der Waals surface area contributed by atoms with Crippen molar-refractivity contribution in [2.45, 2.75) is 32.8 Å². The largest absolute Gasteiger partial charge is 0.491 e.